The fraction of sp³-hybridized carbons (Fsp3) is 0.414. The molecule has 1 amide bonds. The van der Waals surface area contributed by atoms with Gasteiger partial charge in [-0.25, -0.2) is 4.98 Å². The van der Waals surface area contributed by atoms with Gasteiger partial charge in [-0.2, -0.15) is 8.78 Å². The highest BCUT2D eigenvalue weighted by atomic mass is 19.3. The van der Waals surface area contributed by atoms with Crippen molar-refractivity contribution in [3.05, 3.63) is 53.7 Å². The second-order valence-corrected chi connectivity index (χ2v) is 10.5. The smallest absolute Gasteiger partial charge is 0.387 e. The first kappa shape index (κ1) is 25.6. The number of hydrogen-bond donors (Lipinski definition) is 1. The molecule has 0 radical (unpaired) electrons. The van der Waals surface area contributed by atoms with E-state index in [1.807, 2.05) is 12.1 Å². The second kappa shape index (κ2) is 10.2. The van der Waals surface area contributed by atoms with Gasteiger partial charge >= 0.3 is 6.61 Å². The van der Waals surface area contributed by atoms with Crippen molar-refractivity contribution < 1.29 is 23.0 Å². The molecule has 4 aromatic rings. The van der Waals surface area contributed by atoms with Crippen LogP contribution in [0.3, 0.4) is 0 Å². The lowest BCUT2D eigenvalue weighted by molar-refractivity contribution is -0.0490. The third-order valence-corrected chi connectivity index (χ3v) is 7.85. The van der Waals surface area contributed by atoms with E-state index in [1.54, 1.807) is 35.9 Å². The van der Waals surface area contributed by atoms with Crippen LogP contribution in [0, 0.1) is 5.92 Å². The van der Waals surface area contributed by atoms with Gasteiger partial charge in [-0.15, -0.1) is 0 Å². The largest absolute Gasteiger partial charge is 0.432 e. The van der Waals surface area contributed by atoms with E-state index in [9.17, 15) is 13.6 Å². The van der Waals surface area contributed by atoms with Crippen molar-refractivity contribution in [1.82, 2.24) is 19.4 Å². The third-order valence-electron chi connectivity index (χ3n) is 7.85. The average molecular weight is 536 g/mol. The molecule has 3 heterocycles. The first-order chi connectivity index (χ1) is 18.8. The number of amides is 1. The summed E-state index contributed by atoms with van der Waals surface area (Å²) in [6.45, 7) is -2.29. The number of alkyl halides is 2. The summed E-state index contributed by atoms with van der Waals surface area (Å²) in [4.78, 5) is 24.5. The van der Waals surface area contributed by atoms with E-state index in [0.29, 0.717) is 42.3 Å². The van der Waals surface area contributed by atoms with E-state index >= 15 is 0 Å². The van der Waals surface area contributed by atoms with Crippen LogP contribution in [0.2, 0.25) is 0 Å². The molecule has 0 bridgehead atoms. The van der Waals surface area contributed by atoms with Gasteiger partial charge in [0.2, 0.25) is 0 Å². The molecule has 8 nitrogen and oxygen atoms in total. The molecule has 204 valence electrons. The minimum atomic E-state index is -3.06. The minimum Gasteiger partial charge on any atom is -0.432 e. The standard InChI is InChI=1S/C29H31F2N5O3/c1-35-26-23(34-27(35)20-11-17-4-3-8-33-22(17)12-18(20)10-16-5-6-16)13-19(14-25(26)39-29(30)31)28(37)36-9-7-24(38-2)21(32)15-36/h3-4,8,11-14,16,21,24,29H,5-7,9-10,15,32H2,1-2H3/t21-,24+/m1/s1. The number of likely N-dealkylation sites (tertiary alicyclic amines) is 1. The van der Waals surface area contributed by atoms with Gasteiger partial charge < -0.3 is 24.7 Å². The molecule has 1 aliphatic carbocycles. The summed E-state index contributed by atoms with van der Waals surface area (Å²) in [5, 5.41) is 0.967. The zero-order valence-corrected chi connectivity index (χ0v) is 21.9. The molecule has 2 aromatic carbocycles. The van der Waals surface area contributed by atoms with Crippen LogP contribution in [0.15, 0.2) is 42.6 Å². The first-order valence-electron chi connectivity index (χ1n) is 13.2. The van der Waals surface area contributed by atoms with E-state index in [1.165, 1.54) is 18.9 Å². The number of aromatic nitrogens is 3. The van der Waals surface area contributed by atoms with Crippen LogP contribution in [0.5, 0.6) is 5.75 Å². The van der Waals surface area contributed by atoms with Crippen molar-refractivity contribution >= 4 is 27.8 Å². The van der Waals surface area contributed by atoms with E-state index in [2.05, 4.69) is 17.1 Å². The van der Waals surface area contributed by atoms with E-state index in [0.717, 1.165) is 28.5 Å². The van der Waals surface area contributed by atoms with Crippen LogP contribution in [0.1, 0.15) is 35.2 Å². The Labute approximate surface area is 224 Å². The number of methoxy groups -OCH3 is 1. The molecule has 10 heteroatoms. The van der Waals surface area contributed by atoms with Gasteiger partial charge in [0.1, 0.15) is 11.3 Å². The van der Waals surface area contributed by atoms with Gasteiger partial charge in [-0.1, -0.05) is 6.07 Å². The Kier molecular flexibility index (Phi) is 6.68. The Morgan fingerprint density at radius 3 is 2.72 bits per heavy atom. The number of pyridine rings is 1. The number of carbonyl (C=O) groups is 1. The third kappa shape index (κ3) is 4.94. The molecule has 0 unspecified atom stereocenters. The lowest BCUT2D eigenvalue weighted by Gasteiger charge is -2.36. The minimum absolute atomic E-state index is 0.0885. The topological polar surface area (TPSA) is 95.5 Å². The quantitative estimate of drug-likeness (QED) is 0.374. The van der Waals surface area contributed by atoms with Gasteiger partial charge in [-0.05, 0) is 67.5 Å². The number of ether oxygens (including phenoxy) is 2. The normalized spacial score (nSPS) is 19.8. The lowest BCUT2D eigenvalue weighted by atomic mass is 9.98. The van der Waals surface area contributed by atoms with Gasteiger partial charge in [0, 0.05) is 56.0 Å². The Balaban J connectivity index is 1.46. The number of rotatable bonds is 7. The van der Waals surface area contributed by atoms with Crippen LogP contribution in [0.4, 0.5) is 8.78 Å². The Morgan fingerprint density at radius 2 is 2.00 bits per heavy atom. The van der Waals surface area contributed by atoms with E-state index in [-0.39, 0.29) is 29.4 Å². The number of nitrogens with two attached hydrogens (primary N) is 1. The molecule has 1 aliphatic heterocycles. The lowest BCUT2D eigenvalue weighted by Crippen LogP contribution is -2.53. The van der Waals surface area contributed by atoms with E-state index in [4.69, 9.17) is 20.2 Å². The molecule has 0 spiro atoms. The molecule has 2 fully saturated rings. The second-order valence-electron chi connectivity index (χ2n) is 10.5. The summed E-state index contributed by atoms with van der Waals surface area (Å²) in [6, 6.07) is 10.7. The fourth-order valence-corrected chi connectivity index (χ4v) is 5.65. The first-order valence-corrected chi connectivity index (χ1v) is 13.2. The summed E-state index contributed by atoms with van der Waals surface area (Å²) < 4.78 is 39.2. The van der Waals surface area contributed by atoms with E-state index < -0.39 is 6.61 Å². The van der Waals surface area contributed by atoms with Crippen molar-refractivity contribution in [1.29, 1.82) is 0 Å². The predicted octanol–water partition coefficient (Wildman–Crippen LogP) is 4.53. The highest BCUT2D eigenvalue weighted by Gasteiger charge is 2.31. The van der Waals surface area contributed by atoms with Crippen LogP contribution in [-0.2, 0) is 18.2 Å². The molecule has 2 aromatic heterocycles. The number of carbonyl (C=O) groups excluding carboxylic acids is 1. The van der Waals surface area contributed by atoms with Gasteiger partial charge in [0.15, 0.2) is 5.75 Å². The number of halogens is 2. The number of benzene rings is 2. The molecule has 2 N–H and O–H groups in total. The van der Waals surface area contributed by atoms with Crippen molar-refractivity contribution in [3.63, 3.8) is 0 Å². The number of fused-ring (bicyclic) bond motifs is 2. The Bertz CT molecular complexity index is 1550. The summed E-state index contributed by atoms with van der Waals surface area (Å²) in [6.07, 6.45) is 5.51. The van der Waals surface area contributed by atoms with Crippen molar-refractivity contribution in [2.75, 3.05) is 20.2 Å². The highest BCUT2D eigenvalue weighted by molar-refractivity contribution is 6.00. The molecule has 2 aliphatic rings. The van der Waals surface area contributed by atoms with Crippen LogP contribution >= 0.6 is 0 Å². The number of piperidine rings is 1. The number of aryl methyl sites for hydroxylation is 1. The molecule has 2 atom stereocenters. The Morgan fingerprint density at radius 1 is 1.18 bits per heavy atom. The SMILES string of the molecule is CO[C@H]1CCN(C(=O)c2cc(OC(F)F)c3c(c2)nc(-c2cc4cccnc4cc2CC2CC2)n3C)C[C@H]1N. The molecule has 1 saturated carbocycles. The summed E-state index contributed by atoms with van der Waals surface area (Å²) >= 11 is 0. The molecular formula is C29H31F2N5O3. The molecule has 1 saturated heterocycles. The highest BCUT2D eigenvalue weighted by Crippen LogP contribution is 2.39. The monoisotopic (exact) mass is 535 g/mol. The van der Waals surface area contributed by atoms with Crippen molar-refractivity contribution in [2.24, 2.45) is 18.7 Å². The maximum Gasteiger partial charge on any atom is 0.387 e. The number of imidazole rings is 1. The average Bonchev–Trinajstić information content (AvgIpc) is 3.67. The van der Waals surface area contributed by atoms with Gasteiger partial charge in [0.25, 0.3) is 5.91 Å². The Hall–Kier alpha value is -3.63. The molecule has 6 rings (SSSR count). The predicted molar refractivity (Wildman–Crippen MR) is 144 cm³/mol. The maximum atomic E-state index is 13.5. The summed E-state index contributed by atoms with van der Waals surface area (Å²) in [5.41, 5.74) is 10.2. The van der Waals surface area contributed by atoms with Gasteiger partial charge in [-0.3, -0.25) is 9.78 Å². The number of hydrogen-bond acceptors (Lipinski definition) is 6. The zero-order chi connectivity index (χ0) is 27.3. The van der Waals surface area contributed by atoms with Crippen molar-refractivity contribution in [2.45, 2.75) is 44.4 Å². The van der Waals surface area contributed by atoms with Crippen LogP contribution < -0.4 is 10.5 Å². The summed E-state index contributed by atoms with van der Waals surface area (Å²) in [5.74, 6) is 0.849. The fourth-order valence-electron chi connectivity index (χ4n) is 5.65. The van der Waals surface area contributed by atoms with Crippen LogP contribution in [-0.4, -0.2) is 64.3 Å². The summed E-state index contributed by atoms with van der Waals surface area (Å²) in [7, 11) is 3.39. The zero-order valence-electron chi connectivity index (χ0n) is 21.9. The number of nitrogens with zero attached hydrogens (tertiary/aromatic N) is 4. The molecule has 39 heavy (non-hydrogen) atoms. The maximum absolute atomic E-state index is 13.5. The molecular weight excluding hydrogens is 504 g/mol. The van der Waals surface area contributed by atoms with Gasteiger partial charge in [0.05, 0.1) is 17.1 Å². The van der Waals surface area contributed by atoms with Crippen molar-refractivity contribution in [3.8, 4) is 17.1 Å². The van der Waals surface area contributed by atoms with Crippen LogP contribution in [0.25, 0.3) is 33.3 Å².